The van der Waals surface area contributed by atoms with Crippen molar-refractivity contribution in [2.75, 3.05) is 36.9 Å². The number of amides is 6. The van der Waals surface area contributed by atoms with Crippen LogP contribution < -0.4 is 31.9 Å². The first-order valence-electron chi connectivity index (χ1n) is 13.1. The first-order valence-corrected chi connectivity index (χ1v) is 13.1. The molecule has 44 heavy (non-hydrogen) atoms. The molecule has 230 valence electrons. The summed E-state index contributed by atoms with van der Waals surface area (Å²) in [4.78, 5) is 81.2. The molecule has 0 unspecified atom stereocenters. The Bertz CT molecular complexity index is 1340. The molecule has 0 bridgehead atoms. The summed E-state index contributed by atoms with van der Waals surface area (Å²) in [6.07, 6.45) is 2.80. The number of carbonyl (C=O) groups excluding carboxylic acids is 6. The lowest BCUT2D eigenvalue weighted by molar-refractivity contribution is -0.126. The number of benzene rings is 1. The molecule has 0 saturated carbocycles. The molecule has 2 aromatic heterocycles. The average Bonchev–Trinajstić information content (AvgIpc) is 3.05. The Labute approximate surface area is 250 Å². The molecule has 0 aliphatic rings. The average molecular weight is 607 g/mol. The molecule has 0 fully saturated rings. The third-order valence-electron chi connectivity index (χ3n) is 5.70. The summed E-state index contributed by atoms with van der Waals surface area (Å²) in [6.45, 7) is -2.31. The molecule has 6 amide bonds. The van der Waals surface area contributed by atoms with E-state index < -0.39 is 73.8 Å². The lowest BCUT2D eigenvalue weighted by Gasteiger charge is -2.16. The van der Waals surface area contributed by atoms with E-state index in [1.165, 1.54) is 48.8 Å². The van der Waals surface area contributed by atoms with Crippen LogP contribution in [0, 0.1) is 0 Å². The third kappa shape index (κ3) is 10.3. The number of nitrogens with one attached hydrogen (secondary N) is 6. The Balaban J connectivity index is 1.39. The molecule has 16 heteroatoms. The van der Waals surface area contributed by atoms with Gasteiger partial charge in [0.25, 0.3) is 11.8 Å². The van der Waals surface area contributed by atoms with Crippen molar-refractivity contribution in [3.63, 3.8) is 0 Å². The zero-order chi connectivity index (χ0) is 31.9. The van der Waals surface area contributed by atoms with Crippen molar-refractivity contribution in [3.05, 3.63) is 84.4 Å². The molecule has 2 heterocycles. The van der Waals surface area contributed by atoms with Crippen molar-refractivity contribution >= 4 is 46.8 Å². The van der Waals surface area contributed by atoms with Crippen molar-refractivity contribution in [1.82, 2.24) is 31.2 Å². The number of hydrogen-bond acceptors (Lipinski definition) is 10. The van der Waals surface area contributed by atoms with Gasteiger partial charge in [0.05, 0.1) is 26.3 Å². The Hall–Kier alpha value is -5.74. The van der Waals surface area contributed by atoms with Gasteiger partial charge in [0.15, 0.2) is 0 Å². The first-order chi connectivity index (χ1) is 21.2. The second-order valence-corrected chi connectivity index (χ2v) is 8.96. The molecular weight excluding hydrogens is 576 g/mol. The summed E-state index contributed by atoms with van der Waals surface area (Å²) < 4.78 is 0. The largest absolute Gasteiger partial charge is 0.394 e. The lowest BCUT2D eigenvalue weighted by atomic mass is 10.2. The molecule has 2 atom stereocenters. The van der Waals surface area contributed by atoms with Gasteiger partial charge >= 0.3 is 0 Å². The summed E-state index contributed by atoms with van der Waals surface area (Å²) in [5.41, 5.74) is 0.789. The van der Waals surface area contributed by atoms with Crippen LogP contribution in [-0.4, -0.2) is 94.0 Å². The molecule has 16 nitrogen and oxygen atoms in total. The van der Waals surface area contributed by atoms with E-state index in [9.17, 15) is 39.0 Å². The van der Waals surface area contributed by atoms with Gasteiger partial charge in [-0.25, -0.2) is 0 Å². The van der Waals surface area contributed by atoms with E-state index in [1.54, 1.807) is 24.3 Å². The number of nitrogens with zero attached hydrogens (tertiary/aromatic N) is 2. The van der Waals surface area contributed by atoms with Crippen LogP contribution in [0.15, 0.2) is 73.1 Å². The Morgan fingerprint density at radius 3 is 1.30 bits per heavy atom. The van der Waals surface area contributed by atoms with Crippen molar-refractivity contribution in [2.45, 2.75) is 12.1 Å². The van der Waals surface area contributed by atoms with Crippen LogP contribution in [0.1, 0.15) is 21.0 Å². The number of carbonyl (C=O) groups is 6. The van der Waals surface area contributed by atoms with Crippen molar-refractivity contribution in [1.29, 1.82) is 0 Å². The fraction of sp³-hybridized carbons (Fsp3) is 0.214. The van der Waals surface area contributed by atoms with Gasteiger partial charge in [0.1, 0.15) is 23.5 Å². The number of aromatic nitrogens is 2. The molecule has 0 aliphatic carbocycles. The summed E-state index contributed by atoms with van der Waals surface area (Å²) in [5.74, 6) is -4.09. The third-order valence-corrected chi connectivity index (χ3v) is 5.70. The maximum atomic E-state index is 12.3. The highest BCUT2D eigenvalue weighted by atomic mass is 16.3. The minimum atomic E-state index is -1.30. The van der Waals surface area contributed by atoms with Gasteiger partial charge in [-0.1, -0.05) is 12.1 Å². The maximum Gasteiger partial charge on any atom is 0.270 e. The predicted molar refractivity (Wildman–Crippen MR) is 155 cm³/mol. The molecule has 0 radical (unpaired) electrons. The Kier molecular flexibility index (Phi) is 12.4. The Morgan fingerprint density at radius 1 is 0.591 bits per heavy atom. The molecule has 0 aliphatic heterocycles. The van der Waals surface area contributed by atoms with Crippen molar-refractivity contribution < 1.29 is 39.0 Å². The summed E-state index contributed by atoms with van der Waals surface area (Å²) in [5, 5.41) is 33.3. The van der Waals surface area contributed by atoms with E-state index >= 15 is 0 Å². The SMILES string of the molecule is O=C(CNC(=O)[C@H](CO)NC(=O)c1ccccn1)Nc1ccc(NC(=O)CNC(=O)[C@H](CO)NC(=O)c2ccccn2)cc1. The fourth-order valence-corrected chi connectivity index (χ4v) is 3.48. The van der Waals surface area contributed by atoms with E-state index in [2.05, 4.69) is 41.9 Å². The zero-order valence-corrected chi connectivity index (χ0v) is 23.1. The Morgan fingerprint density at radius 2 is 0.977 bits per heavy atom. The van der Waals surface area contributed by atoms with Gasteiger partial charge in [-0.2, -0.15) is 0 Å². The van der Waals surface area contributed by atoms with Crippen molar-refractivity contribution in [2.24, 2.45) is 0 Å². The number of aliphatic hydroxyl groups is 2. The monoisotopic (exact) mass is 606 g/mol. The van der Waals surface area contributed by atoms with E-state index in [-0.39, 0.29) is 11.4 Å². The number of anilines is 2. The fourth-order valence-electron chi connectivity index (χ4n) is 3.48. The molecule has 3 rings (SSSR count). The summed E-state index contributed by atoms with van der Waals surface area (Å²) in [7, 11) is 0. The quantitative estimate of drug-likeness (QED) is 0.102. The van der Waals surface area contributed by atoms with E-state index in [0.717, 1.165) is 0 Å². The van der Waals surface area contributed by atoms with Crippen LogP contribution in [0.2, 0.25) is 0 Å². The number of aliphatic hydroxyl groups excluding tert-OH is 2. The molecule has 3 aromatic rings. The highest BCUT2D eigenvalue weighted by Crippen LogP contribution is 2.13. The predicted octanol–water partition coefficient (Wildman–Crippen LogP) is -1.83. The topological polar surface area (TPSA) is 241 Å². The minimum absolute atomic E-state index is 0.0543. The van der Waals surface area contributed by atoms with E-state index in [1.807, 2.05) is 0 Å². The normalized spacial score (nSPS) is 11.7. The minimum Gasteiger partial charge on any atom is -0.394 e. The van der Waals surface area contributed by atoms with Crippen molar-refractivity contribution in [3.8, 4) is 0 Å². The zero-order valence-electron chi connectivity index (χ0n) is 23.1. The number of rotatable bonds is 14. The van der Waals surface area contributed by atoms with Gasteiger partial charge in [-0.05, 0) is 48.5 Å². The second-order valence-electron chi connectivity index (χ2n) is 8.96. The molecular formula is C28H30N8O8. The van der Waals surface area contributed by atoms with Crippen LogP contribution in [0.25, 0.3) is 0 Å². The van der Waals surface area contributed by atoms with Gasteiger partial charge in [-0.15, -0.1) is 0 Å². The van der Waals surface area contributed by atoms with Gasteiger partial charge in [0.2, 0.25) is 23.6 Å². The lowest BCUT2D eigenvalue weighted by Crippen LogP contribution is -2.50. The van der Waals surface area contributed by atoms with E-state index in [0.29, 0.717) is 11.4 Å². The highest BCUT2D eigenvalue weighted by molar-refractivity contribution is 6.00. The van der Waals surface area contributed by atoms with Crippen LogP contribution in [-0.2, 0) is 19.2 Å². The highest BCUT2D eigenvalue weighted by Gasteiger charge is 2.23. The second kappa shape index (κ2) is 16.6. The van der Waals surface area contributed by atoms with Gasteiger partial charge < -0.3 is 42.1 Å². The maximum absolute atomic E-state index is 12.3. The van der Waals surface area contributed by atoms with Gasteiger partial charge in [-0.3, -0.25) is 38.7 Å². The van der Waals surface area contributed by atoms with Crippen LogP contribution in [0.4, 0.5) is 11.4 Å². The standard InChI is InChI=1S/C28H30N8O8/c37-15-21(35-27(43)19-5-1-3-11-29-19)25(41)31-13-23(39)33-17-7-9-18(10-8-17)34-24(40)14-32-26(42)22(16-38)36-28(44)20-6-2-4-12-30-20/h1-12,21-22,37-38H,13-16H2,(H,31,41)(H,32,42)(H,33,39)(H,34,40)(H,35,43)(H,36,44)/t21-,22-/m0/s1. The van der Waals surface area contributed by atoms with Crippen LogP contribution in [0.3, 0.4) is 0 Å². The van der Waals surface area contributed by atoms with Gasteiger partial charge in [0, 0.05) is 23.8 Å². The molecule has 0 spiro atoms. The first kappa shape index (κ1) is 32.8. The molecule has 1 aromatic carbocycles. The van der Waals surface area contributed by atoms with Crippen LogP contribution in [0.5, 0.6) is 0 Å². The summed E-state index contributed by atoms with van der Waals surface area (Å²) in [6, 6.07) is 12.6. The molecule has 8 N–H and O–H groups in total. The number of pyridine rings is 2. The number of hydrogen-bond donors (Lipinski definition) is 8. The van der Waals surface area contributed by atoms with E-state index in [4.69, 9.17) is 0 Å². The summed E-state index contributed by atoms with van der Waals surface area (Å²) >= 11 is 0. The van der Waals surface area contributed by atoms with Crippen LogP contribution >= 0.6 is 0 Å². The molecule has 0 saturated heterocycles. The smallest absolute Gasteiger partial charge is 0.270 e.